The van der Waals surface area contributed by atoms with Gasteiger partial charge in [0.25, 0.3) is 5.92 Å². The molecule has 1 aliphatic heterocycles. The van der Waals surface area contributed by atoms with Crippen LogP contribution in [-0.2, 0) is 6.54 Å². The van der Waals surface area contributed by atoms with E-state index < -0.39 is 11.8 Å². The van der Waals surface area contributed by atoms with E-state index >= 15 is 0 Å². The van der Waals surface area contributed by atoms with Gasteiger partial charge < -0.3 is 16.5 Å². The second-order valence-corrected chi connectivity index (χ2v) is 6.86. The maximum atomic E-state index is 15.0. The molecule has 1 unspecified atom stereocenters. The van der Waals surface area contributed by atoms with E-state index in [9.17, 15) is 8.78 Å². The van der Waals surface area contributed by atoms with Gasteiger partial charge in [-0.1, -0.05) is 30.3 Å². The van der Waals surface area contributed by atoms with E-state index in [0.29, 0.717) is 29.8 Å². The van der Waals surface area contributed by atoms with Gasteiger partial charge in [-0.05, 0) is 24.6 Å². The Bertz CT molecular complexity index is 922. The van der Waals surface area contributed by atoms with Gasteiger partial charge in [0.2, 0.25) is 0 Å². The van der Waals surface area contributed by atoms with Crippen LogP contribution in [0.4, 0.5) is 20.2 Å². The number of nitrogens with two attached hydrogens (primary N) is 2. The predicted molar refractivity (Wildman–Crippen MR) is 98.9 cm³/mol. The molecule has 0 bridgehead atoms. The van der Waals surface area contributed by atoms with Crippen molar-refractivity contribution in [1.29, 1.82) is 0 Å². The summed E-state index contributed by atoms with van der Waals surface area (Å²) >= 11 is 0. The predicted octanol–water partition coefficient (Wildman–Crippen LogP) is 3.35. The van der Waals surface area contributed by atoms with Gasteiger partial charge in [-0.25, -0.2) is 13.8 Å². The number of aromatic amines is 1. The van der Waals surface area contributed by atoms with E-state index in [-0.39, 0.29) is 24.3 Å². The number of H-pyrrole nitrogens is 1. The number of alkyl halides is 2. The zero-order chi connectivity index (χ0) is 18.3. The van der Waals surface area contributed by atoms with E-state index in [4.69, 9.17) is 11.5 Å². The van der Waals surface area contributed by atoms with Crippen LogP contribution in [-0.4, -0.2) is 33.9 Å². The Balaban J connectivity index is 1.60. The van der Waals surface area contributed by atoms with E-state index in [1.165, 1.54) is 0 Å². The lowest BCUT2D eigenvalue weighted by Gasteiger charge is -2.38. The first kappa shape index (κ1) is 16.8. The average Bonchev–Trinajstić information content (AvgIpc) is 3.07. The first-order valence-corrected chi connectivity index (χ1v) is 8.62. The number of hydrogen-bond donors (Lipinski definition) is 3. The van der Waals surface area contributed by atoms with Crippen molar-refractivity contribution in [2.45, 2.75) is 24.8 Å². The summed E-state index contributed by atoms with van der Waals surface area (Å²) in [5.41, 5.74) is 14.3. The second kappa shape index (κ2) is 6.25. The number of pyridine rings is 1. The van der Waals surface area contributed by atoms with E-state index in [0.717, 1.165) is 5.56 Å². The summed E-state index contributed by atoms with van der Waals surface area (Å²) < 4.78 is 29.9. The molecule has 7 heteroatoms. The standard InChI is InChI=1S/C19H21F2N5/c20-19(21)11-26(10-12-4-2-1-3-5-12)9-7-14(19)17-16(23)15(22)13-6-8-24-18(13)25-17/h1-6,8,14H,7,9-11,23H2,(H3,22,24,25). The molecular formula is C19H21F2N5. The van der Waals surface area contributed by atoms with Gasteiger partial charge in [0.1, 0.15) is 5.65 Å². The van der Waals surface area contributed by atoms with Crippen molar-refractivity contribution in [1.82, 2.24) is 14.9 Å². The van der Waals surface area contributed by atoms with Crippen LogP contribution in [0.15, 0.2) is 42.6 Å². The van der Waals surface area contributed by atoms with Gasteiger partial charge in [-0.3, -0.25) is 4.90 Å². The largest absolute Gasteiger partial charge is 0.396 e. The minimum Gasteiger partial charge on any atom is -0.396 e. The van der Waals surface area contributed by atoms with Gasteiger partial charge in [0, 0.05) is 18.1 Å². The summed E-state index contributed by atoms with van der Waals surface area (Å²) in [5, 5.41) is 0.663. The van der Waals surface area contributed by atoms with E-state index in [1.54, 1.807) is 17.2 Å². The number of nitrogens with one attached hydrogen (secondary N) is 1. The highest BCUT2D eigenvalue weighted by molar-refractivity contribution is 5.95. The summed E-state index contributed by atoms with van der Waals surface area (Å²) in [6, 6.07) is 11.4. The second-order valence-electron chi connectivity index (χ2n) is 6.86. The summed E-state index contributed by atoms with van der Waals surface area (Å²) in [7, 11) is 0. The Morgan fingerprint density at radius 2 is 1.92 bits per heavy atom. The normalized spacial score (nSPS) is 20.5. The number of nitrogens with zero attached hydrogens (tertiary/aromatic N) is 2. The van der Waals surface area contributed by atoms with Crippen molar-refractivity contribution < 1.29 is 8.78 Å². The van der Waals surface area contributed by atoms with Crippen molar-refractivity contribution in [2.24, 2.45) is 0 Å². The summed E-state index contributed by atoms with van der Waals surface area (Å²) in [4.78, 5) is 9.08. The highest BCUT2D eigenvalue weighted by Gasteiger charge is 2.47. The molecule has 3 aromatic rings. The molecule has 1 aliphatic rings. The molecule has 0 aliphatic carbocycles. The van der Waals surface area contributed by atoms with E-state index in [2.05, 4.69) is 9.97 Å². The van der Waals surface area contributed by atoms with Crippen LogP contribution in [0.2, 0.25) is 0 Å². The van der Waals surface area contributed by atoms with Gasteiger partial charge in [-0.2, -0.15) is 0 Å². The van der Waals surface area contributed by atoms with Crippen LogP contribution < -0.4 is 11.5 Å². The molecule has 5 nitrogen and oxygen atoms in total. The van der Waals surface area contributed by atoms with Gasteiger partial charge in [0.05, 0.1) is 29.5 Å². The maximum absolute atomic E-state index is 15.0. The molecule has 3 heterocycles. The van der Waals surface area contributed by atoms with E-state index in [1.807, 2.05) is 30.3 Å². The third-order valence-corrected chi connectivity index (χ3v) is 5.07. The number of rotatable bonds is 3. The molecule has 1 fully saturated rings. The number of benzene rings is 1. The fraction of sp³-hybridized carbons (Fsp3) is 0.316. The first-order valence-electron chi connectivity index (χ1n) is 8.62. The molecule has 0 radical (unpaired) electrons. The molecule has 1 atom stereocenters. The fourth-order valence-corrected chi connectivity index (χ4v) is 3.72. The van der Waals surface area contributed by atoms with Gasteiger partial charge in [-0.15, -0.1) is 0 Å². The summed E-state index contributed by atoms with van der Waals surface area (Å²) in [5.74, 6) is -3.97. The molecular weight excluding hydrogens is 336 g/mol. The van der Waals surface area contributed by atoms with Crippen LogP contribution in [0.5, 0.6) is 0 Å². The number of hydrogen-bond acceptors (Lipinski definition) is 4. The maximum Gasteiger partial charge on any atom is 0.268 e. The molecule has 5 N–H and O–H groups in total. The molecule has 1 saturated heterocycles. The zero-order valence-corrected chi connectivity index (χ0v) is 14.3. The lowest BCUT2D eigenvalue weighted by Crippen LogP contribution is -2.47. The number of nitrogen functional groups attached to an aromatic ring is 2. The number of piperidine rings is 1. The smallest absolute Gasteiger partial charge is 0.268 e. The van der Waals surface area contributed by atoms with Crippen LogP contribution >= 0.6 is 0 Å². The quantitative estimate of drug-likeness (QED) is 0.671. The zero-order valence-electron chi connectivity index (χ0n) is 14.3. The minimum absolute atomic E-state index is 0.165. The van der Waals surface area contributed by atoms with Crippen molar-refractivity contribution >= 4 is 22.4 Å². The number of aromatic nitrogens is 2. The Morgan fingerprint density at radius 3 is 2.65 bits per heavy atom. The number of halogens is 2. The molecule has 0 spiro atoms. The topological polar surface area (TPSA) is 84.0 Å². The van der Waals surface area contributed by atoms with Crippen LogP contribution in [0, 0.1) is 0 Å². The van der Waals surface area contributed by atoms with Crippen LogP contribution in [0.25, 0.3) is 11.0 Å². The number of anilines is 2. The Kier molecular flexibility index (Phi) is 4.03. The highest BCUT2D eigenvalue weighted by Crippen LogP contribution is 2.44. The molecule has 0 amide bonds. The van der Waals surface area contributed by atoms with Gasteiger partial charge >= 0.3 is 0 Å². The monoisotopic (exact) mass is 357 g/mol. The van der Waals surface area contributed by atoms with Crippen LogP contribution in [0.3, 0.4) is 0 Å². The van der Waals surface area contributed by atoms with Crippen molar-refractivity contribution in [3.63, 3.8) is 0 Å². The number of fused-ring (bicyclic) bond motifs is 1. The minimum atomic E-state index is -2.93. The molecule has 136 valence electrons. The van der Waals surface area contributed by atoms with Crippen molar-refractivity contribution in [3.8, 4) is 0 Å². The molecule has 4 rings (SSSR count). The Hall–Kier alpha value is -2.67. The Morgan fingerprint density at radius 1 is 1.15 bits per heavy atom. The third-order valence-electron chi connectivity index (χ3n) is 5.07. The lowest BCUT2D eigenvalue weighted by molar-refractivity contribution is -0.0855. The molecule has 1 aromatic carbocycles. The lowest BCUT2D eigenvalue weighted by atomic mass is 9.88. The number of likely N-dealkylation sites (tertiary alicyclic amines) is 1. The highest BCUT2D eigenvalue weighted by atomic mass is 19.3. The molecule has 0 saturated carbocycles. The fourth-order valence-electron chi connectivity index (χ4n) is 3.72. The third kappa shape index (κ3) is 2.88. The molecule has 26 heavy (non-hydrogen) atoms. The van der Waals surface area contributed by atoms with Crippen LogP contribution in [0.1, 0.15) is 23.6 Å². The molecule has 2 aromatic heterocycles. The average molecular weight is 357 g/mol. The Labute approximate surface area is 150 Å². The summed E-state index contributed by atoms with van der Waals surface area (Å²) in [6.45, 7) is 0.735. The van der Waals surface area contributed by atoms with Crippen molar-refractivity contribution in [3.05, 3.63) is 53.9 Å². The summed E-state index contributed by atoms with van der Waals surface area (Å²) in [6.07, 6.45) is 1.96. The first-order chi connectivity index (χ1) is 12.5. The van der Waals surface area contributed by atoms with Gasteiger partial charge in [0.15, 0.2) is 0 Å². The SMILES string of the molecule is Nc1c(C2CCN(Cc3ccccc3)CC2(F)F)nc2[nH]ccc2c1N. The van der Waals surface area contributed by atoms with Crippen molar-refractivity contribution in [2.75, 3.05) is 24.6 Å².